The van der Waals surface area contributed by atoms with Crippen molar-refractivity contribution in [2.75, 3.05) is 13.1 Å². The second kappa shape index (κ2) is 8.29. The molecule has 0 aliphatic carbocycles. The molecule has 2 atom stereocenters. The van der Waals surface area contributed by atoms with E-state index in [9.17, 15) is 4.79 Å². The summed E-state index contributed by atoms with van der Waals surface area (Å²) >= 11 is 0. The zero-order chi connectivity index (χ0) is 15.9. The van der Waals surface area contributed by atoms with Gasteiger partial charge in [-0.15, -0.1) is 5.92 Å². The van der Waals surface area contributed by atoms with Crippen LogP contribution in [0, 0.1) is 11.8 Å². The second-order valence-corrected chi connectivity index (χ2v) is 6.77. The fraction of sp³-hybridized carbons (Fsp3) is 0.824. The van der Waals surface area contributed by atoms with Crippen molar-refractivity contribution in [3.05, 3.63) is 0 Å². The highest BCUT2D eigenvalue weighted by atomic mass is 16.6. The summed E-state index contributed by atoms with van der Waals surface area (Å²) in [7, 11) is 0. The van der Waals surface area contributed by atoms with Crippen LogP contribution < -0.4 is 5.32 Å². The number of carbonyl (C=O) groups is 1. The van der Waals surface area contributed by atoms with E-state index in [1.165, 1.54) is 6.42 Å². The van der Waals surface area contributed by atoms with Crippen LogP contribution in [0.5, 0.6) is 0 Å². The molecule has 1 heterocycles. The molecule has 1 N–H and O–H groups in total. The minimum atomic E-state index is -0.431. The molecule has 1 saturated heterocycles. The number of ether oxygens (including phenoxy) is 1. The van der Waals surface area contributed by atoms with Gasteiger partial charge in [0.25, 0.3) is 0 Å². The van der Waals surface area contributed by atoms with Gasteiger partial charge in [0.15, 0.2) is 0 Å². The number of piperidine rings is 1. The number of nitrogens with one attached hydrogen (secondary N) is 1. The molecule has 0 radical (unpaired) electrons. The highest BCUT2D eigenvalue weighted by Gasteiger charge is 2.31. The lowest BCUT2D eigenvalue weighted by Gasteiger charge is -2.38. The van der Waals surface area contributed by atoms with Crippen LogP contribution in [0.3, 0.4) is 0 Å². The normalized spacial score (nSPS) is 20.4. The molecule has 1 aliphatic rings. The van der Waals surface area contributed by atoms with E-state index in [0.29, 0.717) is 12.6 Å². The third kappa shape index (κ3) is 6.86. The fourth-order valence-corrected chi connectivity index (χ4v) is 2.61. The Hall–Kier alpha value is -1.21. The molecule has 0 saturated carbocycles. The van der Waals surface area contributed by atoms with E-state index >= 15 is 0 Å². The van der Waals surface area contributed by atoms with Gasteiger partial charge in [-0.05, 0) is 60.3 Å². The first-order valence-corrected chi connectivity index (χ1v) is 7.96. The molecule has 2 unspecified atom stereocenters. The quantitative estimate of drug-likeness (QED) is 0.810. The van der Waals surface area contributed by atoms with E-state index in [4.69, 9.17) is 4.74 Å². The van der Waals surface area contributed by atoms with Crippen LogP contribution in [0.2, 0.25) is 0 Å². The van der Waals surface area contributed by atoms with E-state index in [2.05, 4.69) is 24.1 Å². The molecule has 4 nitrogen and oxygen atoms in total. The summed E-state index contributed by atoms with van der Waals surface area (Å²) in [4.78, 5) is 14.2. The van der Waals surface area contributed by atoms with E-state index in [1.807, 2.05) is 32.6 Å². The van der Waals surface area contributed by atoms with Crippen molar-refractivity contribution in [2.24, 2.45) is 0 Å². The molecule has 1 rings (SSSR count). The van der Waals surface area contributed by atoms with Gasteiger partial charge in [0.2, 0.25) is 0 Å². The molecule has 0 aromatic carbocycles. The van der Waals surface area contributed by atoms with Crippen molar-refractivity contribution < 1.29 is 9.53 Å². The average Bonchev–Trinajstić information content (AvgIpc) is 2.37. The highest BCUT2D eigenvalue weighted by Crippen LogP contribution is 2.23. The van der Waals surface area contributed by atoms with E-state index in [1.54, 1.807) is 0 Å². The molecule has 0 bridgehead atoms. The van der Waals surface area contributed by atoms with Crippen LogP contribution in [0.1, 0.15) is 60.3 Å². The Morgan fingerprint density at radius 2 is 2.14 bits per heavy atom. The largest absolute Gasteiger partial charge is 0.444 e. The Morgan fingerprint density at radius 3 is 2.76 bits per heavy atom. The van der Waals surface area contributed by atoms with Gasteiger partial charge in [-0.25, -0.2) is 4.79 Å². The number of rotatable bonds is 4. The van der Waals surface area contributed by atoms with Gasteiger partial charge in [0.05, 0.1) is 6.54 Å². The summed E-state index contributed by atoms with van der Waals surface area (Å²) < 4.78 is 5.53. The number of hydrogen-bond donors (Lipinski definition) is 1. The smallest absolute Gasteiger partial charge is 0.410 e. The maximum absolute atomic E-state index is 12.3. The average molecular weight is 294 g/mol. The molecule has 120 valence electrons. The zero-order valence-corrected chi connectivity index (χ0v) is 14.2. The summed E-state index contributed by atoms with van der Waals surface area (Å²) in [6.07, 6.45) is 4.09. The molecule has 0 spiro atoms. The molecule has 0 aromatic rings. The van der Waals surface area contributed by atoms with Crippen molar-refractivity contribution in [3.63, 3.8) is 0 Å². The van der Waals surface area contributed by atoms with Crippen LogP contribution >= 0.6 is 0 Å². The van der Waals surface area contributed by atoms with E-state index < -0.39 is 5.60 Å². The summed E-state index contributed by atoms with van der Waals surface area (Å²) in [6, 6.07) is 0.615. The Labute approximate surface area is 129 Å². The molecular formula is C17H30N2O2. The summed E-state index contributed by atoms with van der Waals surface area (Å²) in [6.45, 7) is 11.3. The number of nitrogens with zero attached hydrogens (tertiary/aromatic N) is 1. The molecular weight excluding hydrogens is 264 g/mol. The summed E-state index contributed by atoms with van der Waals surface area (Å²) in [5.74, 6) is 5.90. The minimum Gasteiger partial charge on any atom is -0.444 e. The highest BCUT2D eigenvalue weighted by molar-refractivity contribution is 5.68. The Balaban J connectivity index is 2.55. The van der Waals surface area contributed by atoms with Crippen LogP contribution in [0.15, 0.2) is 0 Å². The first-order valence-electron chi connectivity index (χ1n) is 7.96. The predicted octanol–water partition coefficient (Wildman–Crippen LogP) is 3.17. The number of amides is 1. The van der Waals surface area contributed by atoms with Crippen LogP contribution in [0.25, 0.3) is 0 Å². The monoisotopic (exact) mass is 294 g/mol. The summed E-state index contributed by atoms with van der Waals surface area (Å²) in [5.41, 5.74) is -0.431. The molecule has 21 heavy (non-hydrogen) atoms. The van der Waals surface area contributed by atoms with E-state index in [0.717, 1.165) is 25.8 Å². The van der Waals surface area contributed by atoms with Gasteiger partial charge in [0.1, 0.15) is 5.60 Å². The molecule has 1 fully saturated rings. The fourth-order valence-electron chi connectivity index (χ4n) is 2.61. The summed E-state index contributed by atoms with van der Waals surface area (Å²) in [5, 5.41) is 3.39. The molecule has 4 heteroatoms. The Morgan fingerprint density at radius 1 is 1.43 bits per heavy atom. The first-order chi connectivity index (χ1) is 9.83. The van der Waals surface area contributed by atoms with Crippen LogP contribution in [0.4, 0.5) is 4.79 Å². The van der Waals surface area contributed by atoms with Gasteiger partial charge in [-0.1, -0.05) is 5.92 Å². The lowest BCUT2D eigenvalue weighted by atomic mass is 9.97. The minimum absolute atomic E-state index is 0.173. The molecule has 0 aromatic heterocycles. The number of carbonyl (C=O) groups excluding carboxylic acids is 1. The van der Waals surface area contributed by atoms with Gasteiger partial charge in [0, 0.05) is 18.6 Å². The number of likely N-dealkylation sites (tertiary alicyclic amines) is 1. The maximum Gasteiger partial charge on any atom is 0.410 e. The van der Waals surface area contributed by atoms with Crippen molar-refractivity contribution >= 4 is 6.09 Å². The standard InChI is InChI=1S/C17H30N2O2/c1-6-7-11-18-14(2)13-15-10-8-9-12-19(15)16(20)21-17(3,4)5/h14-15,18H,8-13H2,1-5H3. The van der Waals surface area contributed by atoms with Gasteiger partial charge >= 0.3 is 6.09 Å². The first kappa shape index (κ1) is 17.8. The topological polar surface area (TPSA) is 41.6 Å². The van der Waals surface area contributed by atoms with Crippen molar-refractivity contribution in [3.8, 4) is 11.8 Å². The lowest BCUT2D eigenvalue weighted by molar-refractivity contribution is 0.00796. The van der Waals surface area contributed by atoms with Crippen LogP contribution in [-0.2, 0) is 4.74 Å². The number of hydrogen-bond acceptors (Lipinski definition) is 3. The van der Waals surface area contributed by atoms with Gasteiger partial charge < -0.3 is 15.0 Å². The van der Waals surface area contributed by atoms with Gasteiger partial charge in [-0.2, -0.15) is 0 Å². The third-order valence-electron chi connectivity index (χ3n) is 3.60. The second-order valence-electron chi connectivity index (χ2n) is 6.77. The van der Waals surface area contributed by atoms with Gasteiger partial charge in [-0.3, -0.25) is 0 Å². The zero-order valence-electron chi connectivity index (χ0n) is 14.2. The maximum atomic E-state index is 12.3. The lowest BCUT2D eigenvalue weighted by Crippen LogP contribution is -2.48. The predicted molar refractivity (Wildman–Crippen MR) is 86.1 cm³/mol. The van der Waals surface area contributed by atoms with Crippen LogP contribution in [-0.4, -0.2) is 41.8 Å². The molecule has 1 aliphatic heterocycles. The van der Waals surface area contributed by atoms with Crippen molar-refractivity contribution in [1.82, 2.24) is 10.2 Å². The Bertz CT molecular complexity index is 390. The Kier molecular flexibility index (Phi) is 7.04. The third-order valence-corrected chi connectivity index (χ3v) is 3.60. The molecule has 1 amide bonds. The van der Waals surface area contributed by atoms with Crippen molar-refractivity contribution in [1.29, 1.82) is 0 Å². The van der Waals surface area contributed by atoms with E-state index in [-0.39, 0.29) is 12.1 Å². The SMILES string of the molecule is CC#CCNC(C)CC1CCCCN1C(=O)OC(C)(C)C. The van der Waals surface area contributed by atoms with Crippen molar-refractivity contribution in [2.45, 2.75) is 78.0 Å².